The van der Waals surface area contributed by atoms with Crippen molar-refractivity contribution in [3.05, 3.63) is 29.8 Å². The fourth-order valence-electron chi connectivity index (χ4n) is 4.04. The number of hydrogen-bond acceptors (Lipinski definition) is 3. The average molecular weight is 344 g/mol. The molecule has 2 atom stereocenters. The molecule has 1 aromatic carbocycles. The molecule has 4 heteroatoms. The van der Waals surface area contributed by atoms with Gasteiger partial charge in [-0.15, -0.1) is 0 Å². The topological polar surface area (TPSA) is 35.6 Å². The van der Waals surface area contributed by atoms with Crippen molar-refractivity contribution in [3.63, 3.8) is 0 Å². The first-order chi connectivity index (χ1) is 12.0. The molecule has 1 N–H and O–H groups in total. The van der Waals surface area contributed by atoms with Gasteiger partial charge in [-0.2, -0.15) is 0 Å². The molecule has 2 saturated heterocycles. The van der Waals surface area contributed by atoms with Gasteiger partial charge in [0.25, 0.3) is 0 Å². The molecule has 2 aliphatic rings. The summed E-state index contributed by atoms with van der Waals surface area (Å²) >= 11 is 0. The number of hydrogen-bond donors (Lipinski definition) is 1. The summed E-state index contributed by atoms with van der Waals surface area (Å²) in [6.45, 7) is 8.72. The smallest absolute Gasteiger partial charge is 0.224 e. The van der Waals surface area contributed by atoms with Crippen LogP contribution in [0.15, 0.2) is 24.3 Å². The van der Waals surface area contributed by atoms with E-state index in [0.29, 0.717) is 0 Å². The van der Waals surface area contributed by atoms with Crippen molar-refractivity contribution in [3.8, 4) is 0 Å². The first-order valence-electron chi connectivity index (χ1n) is 9.86. The lowest BCUT2D eigenvalue weighted by atomic mass is 9.96. The largest absolute Gasteiger partial charge is 0.372 e. The van der Waals surface area contributed by atoms with Gasteiger partial charge in [0, 0.05) is 25.3 Å². The predicted molar refractivity (Wildman–Crippen MR) is 104 cm³/mol. The van der Waals surface area contributed by atoms with Crippen LogP contribution < -0.4 is 10.2 Å². The van der Waals surface area contributed by atoms with E-state index in [1.807, 2.05) is 0 Å². The van der Waals surface area contributed by atoms with Crippen molar-refractivity contribution >= 4 is 11.6 Å². The summed E-state index contributed by atoms with van der Waals surface area (Å²) in [6, 6.07) is 8.83. The highest BCUT2D eigenvalue weighted by Gasteiger charge is 2.25. The number of rotatable bonds is 4. The Hall–Kier alpha value is -1.55. The SMILES string of the molecule is CC1CCN(c2ccc([C@H](C)NC(=O)[C@@H]3CCCN(C)C3)cc2)CC1. The van der Waals surface area contributed by atoms with Crippen LogP contribution in [0.4, 0.5) is 5.69 Å². The van der Waals surface area contributed by atoms with Gasteiger partial charge in [-0.25, -0.2) is 0 Å². The van der Waals surface area contributed by atoms with Crippen LogP contribution in [0.25, 0.3) is 0 Å². The number of anilines is 1. The molecule has 138 valence electrons. The maximum Gasteiger partial charge on any atom is 0.224 e. The second-order valence-corrected chi connectivity index (χ2v) is 8.09. The first-order valence-corrected chi connectivity index (χ1v) is 9.86. The summed E-state index contributed by atoms with van der Waals surface area (Å²) < 4.78 is 0. The van der Waals surface area contributed by atoms with Crippen molar-refractivity contribution in [2.45, 2.75) is 45.6 Å². The van der Waals surface area contributed by atoms with Gasteiger partial charge in [0.1, 0.15) is 0 Å². The third-order valence-corrected chi connectivity index (χ3v) is 5.90. The maximum absolute atomic E-state index is 12.5. The molecule has 0 aromatic heterocycles. The van der Waals surface area contributed by atoms with E-state index in [4.69, 9.17) is 0 Å². The molecule has 0 spiro atoms. The van der Waals surface area contributed by atoms with Crippen LogP contribution >= 0.6 is 0 Å². The normalized spacial score (nSPS) is 24.1. The molecular formula is C21H33N3O. The van der Waals surface area contributed by atoms with Crippen LogP contribution in [0.5, 0.6) is 0 Å². The molecule has 0 unspecified atom stereocenters. The average Bonchev–Trinajstić information content (AvgIpc) is 2.62. The van der Waals surface area contributed by atoms with Crippen LogP contribution in [0.2, 0.25) is 0 Å². The highest BCUT2D eigenvalue weighted by molar-refractivity contribution is 5.79. The Morgan fingerprint density at radius 2 is 1.80 bits per heavy atom. The summed E-state index contributed by atoms with van der Waals surface area (Å²) in [7, 11) is 2.10. The van der Waals surface area contributed by atoms with Crippen LogP contribution in [-0.4, -0.2) is 44.0 Å². The quantitative estimate of drug-likeness (QED) is 0.910. The number of nitrogens with one attached hydrogen (secondary N) is 1. The summed E-state index contributed by atoms with van der Waals surface area (Å²) in [6.07, 6.45) is 4.69. The van der Waals surface area contributed by atoms with Crippen molar-refractivity contribution in [1.82, 2.24) is 10.2 Å². The molecule has 0 aliphatic carbocycles. The van der Waals surface area contributed by atoms with E-state index in [0.717, 1.165) is 44.9 Å². The number of amides is 1. The van der Waals surface area contributed by atoms with E-state index in [1.54, 1.807) is 0 Å². The number of carbonyl (C=O) groups is 1. The van der Waals surface area contributed by atoms with Gasteiger partial charge in [-0.3, -0.25) is 4.79 Å². The molecular weight excluding hydrogens is 310 g/mol. The highest BCUT2D eigenvalue weighted by Crippen LogP contribution is 2.25. The minimum atomic E-state index is 0.0650. The number of nitrogens with zero attached hydrogens (tertiary/aromatic N) is 2. The van der Waals surface area contributed by atoms with Crippen molar-refractivity contribution in [1.29, 1.82) is 0 Å². The second kappa shape index (κ2) is 8.22. The van der Waals surface area contributed by atoms with Crippen LogP contribution in [0.3, 0.4) is 0 Å². The third-order valence-electron chi connectivity index (χ3n) is 5.90. The van der Waals surface area contributed by atoms with Gasteiger partial charge >= 0.3 is 0 Å². The minimum Gasteiger partial charge on any atom is -0.372 e. The Morgan fingerprint density at radius 3 is 2.44 bits per heavy atom. The lowest BCUT2D eigenvalue weighted by Gasteiger charge is -2.32. The van der Waals surface area contributed by atoms with Gasteiger partial charge in [-0.1, -0.05) is 19.1 Å². The van der Waals surface area contributed by atoms with E-state index < -0.39 is 0 Å². The number of benzene rings is 1. The Labute approximate surface area is 152 Å². The molecule has 2 heterocycles. The molecule has 0 radical (unpaired) electrons. The molecule has 2 fully saturated rings. The van der Waals surface area contributed by atoms with Crippen molar-refractivity contribution in [2.24, 2.45) is 11.8 Å². The molecule has 1 amide bonds. The Bertz CT molecular complexity index is 563. The first kappa shape index (κ1) is 18.2. The number of carbonyl (C=O) groups excluding carboxylic acids is 1. The van der Waals surface area contributed by atoms with Gasteiger partial charge < -0.3 is 15.1 Å². The Kier molecular flexibility index (Phi) is 6.00. The van der Waals surface area contributed by atoms with Gasteiger partial charge in [-0.05, 0) is 69.8 Å². The molecule has 1 aromatic rings. The van der Waals surface area contributed by atoms with Crippen molar-refractivity contribution in [2.75, 3.05) is 38.1 Å². The summed E-state index contributed by atoms with van der Waals surface area (Å²) in [4.78, 5) is 17.3. The molecule has 3 rings (SSSR count). The molecule has 4 nitrogen and oxygen atoms in total. The fourth-order valence-corrected chi connectivity index (χ4v) is 4.04. The van der Waals surface area contributed by atoms with E-state index in [2.05, 4.69) is 60.3 Å². The zero-order chi connectivity index (χ0) is 17.8. The van der Waals surface area contributed by atoms with Crippen LogP contribution in [0, 0.1) is 11.8 Å². The van der Waals surface area contributed by atoms with Gasteiger partial charge in [0.05, 0.1) is 12.0 Å². The molecule has 2 aliphatic heterocycles. The van der Waals surface area contributed by atoms with Crippen LogP contribution in [-0.2, 0) is 4.79 Å². The summed E-state index contributed by atoms with van der Waals surface area (Å²) in [5.74, 6) is 1.19. The van der Waals surface area contributed by atoms with Gasteiger partial charge in [0.2, 0.25) is 5.91 Å². The van der Waals surface area contributed by atoms with E-state index >= 15 is 0 Å². The number of piperidine rings is 2. The highest BCUT2D eigenvalue weighted by atomic mass is 16.2. The monoisotopic (exact) mass is 343 g/mol. The molecule has 0 bridgehead atoms. The predicted octanol–water partition coefficient (Wildman–Crippen LogP) is 3.44. The van der Waals surface area contributed by atoms with Gasteiger partial charge in [0.15, 0.2) is 0 Å². The Balaban J connectivity index is 1.55. The second-order valence-electron chi connectivity index (χ2n) is 8.09. The summed E-state index contributed by atoms with van der Waals surface area (Å²) in [5.41, 5.74) is 2.50. The number of likely N-dealkylation sites (tertiary alicyclic amines) is 1. The molecule has 25 heavy (non-hydrogen) atoms. The zero-order valence-electron chi connectivity index (χ0n) is 16.0. The molecule has 0 saturated carbocycles. The minimum absolute atomic E-state index is 0.0650. The Morgan fingerprint density at radius 1 is 1.12 bits per heavy atom. The summed E-state index contributed by atoms with van der Waals surface area (Å²) in [5, 5.41) is 3.21. The fraction of sp³-hybridized carbons (Fsp3) is 0.667. The van der Waals surface area contributed by atoms with E-state index in [9.17, 15) is 4.79 Å². The zero-order valence-corrected chi connectivity index (χ0v) is 16.0. The maximum atomic E-state index is 12.5. The lowest BCUT2D eigenvalue weighted by Crippen LogP contribution is -2.42. The van der Waals surface area contributed by atoms with E-state index in [-0.39, 0.29) is 17.9 Å². The lowest BCUT2D eigenvalue weighted by molar-refractivity contribution is -0.127. The standard InChI is InChI=1S/C21H33N3O/c1-16-10-13-24(14-11-16)20-8-6-18(7-9-20)17(2)22-21(25)19-5-4-12-23(3)15-19/h6-9,16-17,19H,4-5,10-15H2,1-3H3,(H,22,25)/t17-,19+/m0/s1. The van der Waals surface area contributed by atoms with E-state index in [1.165, 1.54) is 24.1 Å². The van der Waals surface area contributed by atoms with Crippen molar-refractivity contribution < 1.29 is 4.79 Å². The van der Waals surface area contributed by atoms with Crippen LogP contribution in [0.1, 0.15) is 51.1 Å². The third kappa shape index (κ3) is 4.75.